The van der Waals surface area contributed by atoms with Gasteiger partial charge in [0.2, 0.25) is 11.8 Å². The molecule has 2 fully saturated rings. The molecule has 288 valence electrons. The van der Waals surface area contributed by atoms with E-state index in [-0.39, 0.29) is 35.7 Å². The molecule has 7 rings (SSSR count). The Bertz CT molecular complexity index is 2240. The van der Waals surface area contributed by atoms with Crippen LogP contribution in [-0.4, -0.2) is 91.1 Å². The highest BCUT2D eigenvalue weighted by atomic mass is 16.5. The molecule has 4 atom stereocenters. The minimum absolute atomic E-state index is 0.116. The maximum atomic E-state index is 13.6. The number of benzene rings is 3. The summed E-state index contributed by atoms with van der Waals surface area (Å²) in [7, 11) is 1.29. The highest BCUT2D eigenvalue weighted by Gasteiger charge is 2.39. The Balaban J connectivity index is 1.11. The number of nitrogens with one attached hydrogen (secondary N) is 4. The Labute approximate surface area is 319 Å². The van der Waals surface area contributed by atoms with Crippen molar-refractivity contribution in [2.75, 3.05) is 20.2 Å². The molecular formula is C41H48N8O6. The monoisotopic (exact) mass is 748 g/mol. The molecule has 2 aromatic heterocycles. The minimum atomic E-state index is -1.22. The molecule has 0 radical (unpaired) electrons. The van der Waals surface area contributed by atoms with Crippen molar-refractivity contribution < 1.29 is 29.0 Å². The van der Waals surface area contributed by atoms with E-state index in [2.05, 4.69) is 63.1 Å². The van der Waals surface area contributed by atoms with Gasteiger partial charge < -0.3 is 40.2 Å². The van der Waals surface area contributed by atoms with Gasteiger partial charge in [0.25, 0.3) is 0 Å². The summed E-state index contributed by atoms with van der Waals surface area (Å²) >= 11 is 0. The van der Waals surface area contributed by atoms with Gasteiger partial charge in [0.1, 0.15) is 23.7 Å². The first-order valence-corrected chi connectivity index (χ1v) is 19.0. The molecule has 0 bridgehead atoms. The second-order valence-electron chi connectivity index (χ2n) is 15.2. The van der Waals surface area contributed by atoms with Crippen LogP contribution in [0, 0.1) is 11.8 Å². The number of nitrogens with zero attached hydrogens (tertiary/aromatic N) is 4. The highest BCUT2D eigenvalue weighted by molar-refractivity contribution is 5.92. The summed E-state index contributed by atoms with van der Waals surface area (Å²) in [6, 6.07) is 16.7. The molecule has 2 saturated heterocycles. The number of aromatic nitrogens is 4. The zero-order valence-electron chi connectivity index (χ0n) is 31.8. The van der Waals surface area contributed by atoms with E-state index < -0.39 is 24.3 Å². The van der Waals surface area contributed by atoms with E-state index in [4.69, 9.17) is 14.7 Å². The summed E-state index contributed by atoms with van der Waals surface area (Å²) in [5.41, 5.74) is 5.40. The van der Waals surface area contributed by atoms with Gasteiger partial charge in [0.05, 0.1) is 35.9 Å². The maximum Gasteiger partial charge on any atom is 0.407 e. The third-order valence-electron chi connectivity index (χ3n) is 10.9. The number of carboxylic acid groups (broad SMARTS) is 1. The molecular weight excluding hydrogens is 701 g/mol. The number of imidazole rings is 2. The average molecular weight is 749 g/mol. The molecule has 14 nitrogen and oxygen atoms in total. The van der Waals surface area contributed by atoms with Crippen LogP contribution in [0.25, 0.3) is 44.2 Å². The van der Waals surface area contributed by atoms with Crippen molar-refractivity contribution in [3.05, 3.63) is 72.4 Å². The number of fused-ring (bicyclic) bond motifs is 2. The summed E-state index contributed by atoms with van der Waals surface area (Å²) in [6.45, 7) is 8.59. The topological polar surface area (TPSA) is 186 Å². The van der Waals surface area contributed by atoms with Gasteiger partial charge in [-0.1, -0.05) is 58.0 Å². The quantitative estimate of drug-likeness (QED) is 0.104. The molecule has 5 aromatic rings. The number of carbonyl (C=O) groups excluding carboxylic acids is 3. The van der Waals surface area contributed by atoms with E-state index in [1.807, 2.05) is 50.9 Å². The van der Waals surface area contributed by atoms with Gasteiger partial charge in [0.15, 0.2) is 0 Å². The van der Waals surface area contributed by atoms with Crippen molar-refractivity contribution in [2.24, 2.45) is 11.8 Å². The van der Waals surface area contributed by atoms with Gasteiger partial charge >= 0.3 is 12.2 Å². The van der Waals surface area contributed by atoms with Crippen LogP contribution in [0.1, 0.15) is 77.1 Å². The number of H-pyrrole nitrogens is 2. The van der Waals surface area contributed by atoms with Gasteiger partial charge in [-0.05, 0) is 83.7 Å². The van der Waals surface area contributed by atoms with Crippen LogP contribution in [0.2, 0.25) is 0 Å². The number of alkyl carbamates (subject to hydrolysis) is 1. The fraction of sp³-hybridized carbons (Fsp3) is 0.415. The molecule has 2 aliphatic rings. The van der Waals surface area contributed by atoms with Crippen LogP contribution in [0.3, 0.4) is 0 Å². The third kappa shape index (κ3) is 7.58. The number of likely N-dealkylation sites (tertiary alicyclic amines) is 2. The van der Waals surface area contributed by atoms with Crippen molar-refractivity contribution in [3.8, 4) is 22.4 Å². The summed E-state index contributed by atoms with van der Waals surface area (Å²) in [5, 5.41) is 16.5. The smallest absolute Gasteiger partial charge is 0.407 e. The number of amides is 4. The second kappa shape index (κ2) is 15.4. The molecule has 0 saturated carbocycles. The number of aromatic amines is 2. The molecule has 0 aliphatic carbocycles. The van der Waals surface area contributed by atoms with E-state index in [9.17, 15) is 24.3 Å². The Morgan fingerprint density at radius 1 is 0.764 bits per heavy atom. The van der Waals surface area contributed by atoms with E-state index in [1.165, 1.54) is 7.11 Å². The normalized spacial score (nSPS) is 18.3. The van der Waals surface area contributed by atoms with Crippen LogP contribution in [0.5, 0.6) is 0 Å². The number of rotatable bonds is 10. The lowest BCUT2D eigenvalue weighted by Crippen LogP contribution is -2.51. The van der Waals surface area contributed by atoms with E-state index >= 15 is 0 Å². The van der Waals surface area contributed by atoms with Crippen LogP contribution < -0.4 is 10.6 Å². The molecule has 14 heteroatoms. The second-order valence-corrected chi connectivity index (χ2v) is 15.2. The standard InChI is InChI=1S/C41H48N8O6/c1-22(2)34(46-40(52)53)38(50)48-16-6-8-32(48)36-42-21-31(45-36)27-13-11-24-10-12-25(18-28(24)19-27)26-14-15-29-30(20-26)44-37(43-29)33-9-7-17-49(33)39(51)35(23(3)4)47-41(54)55-5/h10-15,18-23,32-35,46H,6-9,16-17H2,1-5H3,(H,42,45)(H,43,44)(H,47,54)(H,52,53)/t32-,33-,34-,35-/m0/s1. The number of ether oxygens (including phenoxy) is 1. The maximum absolute atomic E-state index is 13.6. The first-order chi connectivity index (χ1) is 26.4. The zero-order chi connectivity index (χ0) is 39.0. The predicted octanol–water partition coefficient (Wildman–Crippen LogP) is 6.77. The van der Waals surface area contributed by atoms with E-state index in [1.54, 1.807) is 4.90 Å². The molecule has 3 aromatic carbocycles. The molecule has 0 unspecified atom stereocenters. The van der Waals surface area contributed by atoms with Crippen molar-refractivity contribution in [2.45, 2.75) is 77.5 Å². The van der Waals surface area contributed by atoms with Gasteiger partial charge in [-0.3, -0.25) is 9.59 Å². The summed E-state index contributed by atoms with van der Waals surface area (Å²) < 4.78 is 4.77. The SMILES string of the molecule is COC(=O)N[C@H](C(=O)N1CCC[C@H]1c1nc2cc(-c3ccc4ccc(-c5c[nH]c([C@@H]6CCCN6C(=O)[C@@H](NC(=O)O)C(C)C)n5)cc4c3)ccc2[nH]1)C(C)C. The van der Waals surface area contributed by atoms with Crippen LogP contribution >= 0.6 is 0 Å². The summed E-state index contributed by atoms with van der Waals surface area (Å²) in [6.07, 6.45) is 3.17. The predicted molar refractivity (Wildman–Crippen MR) is 208 cm³/mol. The summed E-state index contributed by atoms with van der Waals surface area (Å²) in [5.74, 6) is 0.714. The Hall–Kier alpha value is -5.92. The molecule has 0 spiro atoms. The number of hydrogen-bond donors (Lipinski definition) is 5. The lowest BCUT2D eigenvalue weighted by atomic mass is 9.99. The largest absolute Gasteiger partial charge is 0.465 e. The van der Waals surface area contributed by atoms with Gasteiger partial charge in [-0.15, -0.1) is 0 Å². The molecule has 2 aliphatic heterocycles. The molecule has 55 heavy (non-hydrogen) atoms. The minimum Gasteiger partial charge on any atom is -0.465 e. The zero-order valence-corrected chi connectivity index (χ0v) is 31.8. The first kappa shape index (κ1) is 37.4. The Morgan fingerprint density at radius 3 is 1.98 bits per heavy atom. The fourth-order valence-corrected chi connectivity index (χ4v) is 7.94. The summed E-state index contributed by atoms with van der Waals surface area (Å²) in [4.78, 5) is 70.7. The lowest BCUT2D eigenvalue weighted by Gasteiger charge is -2.29. The third-order valence-corrected chi connectivity index (χ3v) is 10.9. The Kier molecular flexibility index (Phi) is 10.5. The van der Waals surface area contributed by atoms with Gasteiger partial charge in [-0.2, -0.15) is 0 Å². The van der Waals surface area contributed by atoms with Crippen molar-refractivity contribution in [1.82, 2.24) is 40.4 Å². The van der Waals surface area contributed by atoms with Gasteiger partial charge in [0, 0.05) is 24.8 Å². The average Bonchev–Trinajstić information content (AvgIpc) is 4.00. The Morgan fingerprint density at radius 2 is 1.35 bits per heavy atom. The van der Waals surface area contributed by atoms with Crippen molar-refractivity contribution >= 4 is 45.8 Å². The lowest BCUT2D eigenvalue weighted by molar-refractivity contribution is -0.136. The fourth-order valence-electron chi connectivity index (χ4n) is 7.94. The van der Waals surface area contributed by atoms with E-state index in [0.717, 1.165) is 75.7 Å². The van der Waals surface area contributed by atoms with Crippen molar-refractivity contribution in [3.63, 3.8) is 0 Å². The molecule has 4 heterocycles. The van der Waals surface area contributed by atoms with Gasteiger partial charge in [-0.25, -0.2) is 19.6 Å². The first-order valence-electron chi connectivity index (χ1n) is 19.0. The number of methoxy groups -OCH3 is 1. The molecule has 5 N–H and O–H groups in total. The number of carbonyl (C=O) groups is 4. The highest BCUT2D eigenvalue weighted by Crippen LogP contribution is 2.36. The van der Waals surface area contributed by atoms with E-state index in [0.29, 0.717) is 18.9 Å². The number of hydrogen-bond acceptors (Lipinski definition) is 7. The van der Waals surface area contributed by atoms with Crippen LogP contribution in [0.4, 0.5) is 9.59 Å². The van der Waals surface area contributed by atoms with Crippen molar-refractivity contribution in [1.29, 1.82) is 0 Å². The van der Waals surface area contributed by atoms with Crippen LogP contribution in [-0.2, 0) is 14.3 Å². The van der Waals surface area contributed by atoms with Crippen LogP contribution in [0.15, 0.2) is 60.8 Å². The molecule has 4 amide bonds.